The minimum absolute atomic E-state index is 0.0223. The van der Waals surface area contributed by atoms with Crippen molar-refractivity contribution in [1.82, 2.24) is 5.32 Å². The Morgan fingerprint density at radius 3 is 0.835 bits per heavy atom. The number of unbranched alkanes of at least 4 members (excludes halogenated alkanes) is 62. The fourth-order valence-corrected chi connectivity index (χ4v) is 12.8. The van der Waals surface area contributed by atoms with Gasteiger partial charge in [0.25, 0.3) is 0 Å². The van der Waals surface area contributed by atoms with Crippen LogP contribution in [0.5, 0.6) is 0 Å². The van der Waals surface area contributed by atoms with Crippen molar-refractivity contribution in [3.05, 3.63) is 12.2 Å². The molecule has 0 aliphatic carbocycles. The van der Waals surface area contributed by atoms with Crippen LogP contribution < -0.4 is 5.32 Å². The van der Waals surface area contributed by atoms with Gasteiger partial charge in [-0.2, -0.15) is 0 Å². The van der Waals surface area contributed by atoms with Crippen molar-refractivity contribution in [2.75, 3.05) is 13.2 Å². The van der Waals surface area contributed by atoms with E-state index in [1.165, 1.54) is 385 Å². The molecule has 2 unspecified atom stereocenters. The van der Waals surface area contributed by atoms with Crippen molar-refractivity contribution < 1.29 is 24.5 Å². The highest BCUT2D eigenvalue weighted by molar-refractivity contribution is 5.76. The monoisotopic (exact) mass is 1200 g/mol. The van der Waals surface area contributed by atoms with Gasteiger partial charge in [0, 0.05) is 12.8 Å². The zero-order chi connectivity index (χ0) is 61.3. The molecule has 0 radical (unpaired) electrons. The number of hydrogen-bond donors (Lipinski definition) is 3. The van der Waals surface area contributed by atoms with E-state index in [2.05, 4.69) is 31.3 Å². The maximum Gasteiger partial charge on any atom is 0.305 e. The van der Waals surface area contributed by atoms with Crippen LogP contribution in [0.15, 0.2) is 12.2 Å². The maximum atomic E-state index is 12.6. The number of amides is 1. The predicted octanol–water partition coefficient (Wildman–Crippen LogP) is 25.9. The van der Waals surface area contributed by atoms with Gasteiger partial charge in [-0.25, -0.2) is 0 Å². The van der Waals surface area contributed by atoms with E-state index in [0.717, 1.165) is 38.5 Å². The fraction of sp³-hybridized carbons (Fsp3) is 0.949. The number of aliphatic hydroxyl groups excluding tert-OH is 2. The molecule has 85 heavy (non-hydrogen) atoms. The van der Waals surface area contributed by atoms with Crippen molar-refractivity contribution in [2.45, 2.75) is 469 Å². The van der Waals surface area contributed by atoms with Crippen molar-refractivity contribution in [3.8, 4) is 0 Å². The highest BCUT2D eigenvalue weighted by atomic mass is 16.5. The number of esters is 1. The highest BCUT2D eigenvalue weighted by Crippen LogP contribution is 2.20. The minimum Gasteiger partial charge on any atom is -0.466 e. The Bertz CT molecular complexity index is 1290. The molecule has 0 saturated carbocycles. The fourth-order valence-electron chi connectivity index (χ4n) is 12.8. The molecule has 0 aromatic rings. The Kier molecular flexibility index (Phi) is 73.8. The van der Waals surface area contributed by atoms with Crippen LogP contribution in [0.4, 0.5) is 0 Å². The molecule has 0 heterocycles. The van der Waals surface area contributed by atoms with Gasteiger partial charge < -0.3 is 20.3 Å². The summed E-state index contributed by atoms with van der Waals surface area (Å²) in [4.78, 5) is 24.7. The number of hydrogen-bond acceptors (Lipinski definition) is 5. The SMILES string of the molecule is CCCCCCCCCCCCCCCCCCCCCCCC(O)C(CO)NC(=O)CCCCCCCCCCCCCCC/C=C\CCCCCCCCCCCCCCOC(=O)CCCCCCCCCCCCCCCCCCCC. The van der Waals surface area contributed by atoms with E-state index in [-0.39, 0.29) is 18.5 Å². The lowest BCUT2D eigenvalue weighted by molar-refractivity contribution is -0.143. The third-order valence-electron chi connectivity index (χ3n) is 18.8. The van der Waals surface area contributed by atoms with Gasteiger partial charge in [0.05, 0.1) is 25.4 Å². The first-order valence-electron chi connectivity index (χ1n) is 39.4. The summed E-state index contributed by atoms with van der Waals surface area (Å²) in [6, 6.07) is -0.541. The van der Waals surface area contributed by atoms with Crippen LogP contribution in [0.3, 0.4) is 0 Å². The second-order valence-electron chi connectivity index (χ2n) is 27.4. The van der Waals surface area contributed by atoms with Gasteiger partial charge in [0.2, 0.25) is 5.91 Å². The molecule has 0 aliphatic rings. The molecule has 0 aliphatic heterocycles. The smallest absolute Gasteiger partial charge is 0.305 e. The van der Waals surface area contributed by atoms with Gasteiger partial charge in [-0.1, -0.05) is 405 Å². The summed E-state index contributed by atoms with van der Waals surface area (Å²) in [5.74, 6) is -0.00627. The van der Waals surface area contributed by atoms with E-state index in [0.29, 0.717) is 25.9 Å². The number of carbonyl (C=O) groups excluding carboxylic acids is 2. The molecule has 2 atom stereocenters. The molecule has 0 rings (SSSR count). The Labute approximate surface area is 533 Å². The van der Waals surface area contributed by atoms with Crippen LogP contribution in [0.25, 0.3) is 0 Å². The standard InChI is InChI=1S/C79H155NO5/c1-3-5-7-9-11-13-15-17-19-21-23-33-36-39-43-47-51-55-59-63-67-71-77(82)76(75-81)80-78(83)72-68-64-60-56-52-48-44-40-37-34-31-29-27-25-24-26-28-30-32-35-38-42-46-50-54-58-62-66-70-74-85-79(84)73-69-65-61-57-53-49-45-41-22-20-18-16-14-12-10-8-6-4-2/h24,26,76-77,81-82H,3-23,25,27-75H2,1-2H3,(H,80,83)/b26-24-. The number of nitrogens with one attached hydrogen (secondary N) is 1. The van der Waals surface area contributed by atoms with Crippen LogP contribution in [-0.2, 0) is 14.3 Å². The van der Waals surface area contributed by atoms with Gasteiger partial charge in [-0.05, 0) is 51.4 Å². The second-order valence-corrected chi connectivity index (χ2v) is 27.4. The average molecular weight is 1200 g/mol. The second kappa shape index (κ2) is 75.1. The molecule has 0 aromatic heterocycles. The average Bonchev–Trinajstić information content (AvgIpc) is 3.51. The van der Waals surface area contributed by atoms with Gasteiger partial charge in [-0.3, -0.25) is 9.59 Å². The molecule has 1 amide bonds. The quantitative estimate of drug-likeness (QED) is 0.0320. The Hall–Kier alpha value is -1.40. The van der Waals surface area contributed by atoms with E-state index < -0.39 is 12.1 Å². The van der Waals surface area contributed by atoms with E-state index in [1.807, 2.05) is 0 Å². The summed E-state index contributed by atoms with van der Waals surface area (Å²) in [7, 11) is 0. The minimum atomic E-state index is -0.664. The Morgan fingerprint density at radius 2 is 0.553 bits per heavy atom. The van der Waals surface area contributed by atoms with Gasteiger partial charge in [-0.15, -0.1) is 0 Å². The van der Waals surface area contributed by atoms with Gasteiger partial charge in [0.1, 0.15) is 0 Å². The van der Waals surface area contributed by atoms with Gasteiger partial charge >= 0.3 is 5.97 Å². The van der Waals surface area contributed by atoms with Crippen molar-refractivity contribution in [2.24, 2.45) is 0 Å². The summed E-state index contributed by atoms with van der Waals surface area (Å²) >= 11 is 0. The topological polar surface area (TPSA) is 95.9 Å². The lowest BCUT2D eigenvalue weighted by atomic mass is 10.0. The third kappa shape index (κ3) is 71.6. The molecule has 0 aromatic carbocycles. The van der Waals surface area contributed by atoms with Crippen LogP contribution in [0.1, 0.15) is 457 Å². The highest BCUT2D eigenvalue weighted by Gasteiger charge is 2.20. The Balaban J connectivity index is 3.35. The van der Waals surface area contributed by atoms with Crippen LogP contribution >= 0.6 is 0 Å². The number of carbonyl (C=O) groups is 2. The number of aliphatic hydroxyl groups is 2. The summed E-state index contributed by atoms with van der Waals surface area (Å²) in [6.45, 7) is 5.01. The first-order chi connectivity index (χ1) is 42.0. The lowest BCUT2D eigenvalue weighted by Crippen LogP contribution is -2.45. The first kappa shape index (κ1) is 83.6. The predicted molar refractivity (Wildman–Crippen MR) is 375 cm³/mol. The summed E-state index contributed by atoms with van der Waals surface area (Å²) < 4.78 is 5.52. The maximum absolute atomic E-state index is 12.6. The van der Waals surface area contributed by atoms with E-state index in [9.17, 15) is 19.8 Å². The molecule has 0 fully saturated rings. The lowest BCUT2D eigenvalue weighted by Gasteiger charge is -2.22. The molecular formula is C79H155NO5. The van der Waals surface area contributed by atoms with E-state index in [1.54, 1.807) is 0 Å². The normalized spacial score (nSPS) is 12.5. The van der Waals surface area contributed by atoms with Crippen molar-refractivity contribution in [1.29, 1.82) is 0 Å². The first-order valence-corrected chi connectivity index (χ1v) is 39.4. The number of allylic oxidation sites excluding steroid dienone is 2. The molecule has 0 bridgehead atoms. The van der Waals surface area contributed by atoms with E-state index >= 15 is 0 Å². The molecule has 0 saturated heterocycles. The van der Waals surface area contributed by atoms with Crippen LogP contribution in [0.2, 0.25) is 0 Å². The Morgan fingerprint density at radius 1 is 0.318 bits per heavy atom. The molecule has 506 valence electrons. The molecular weight excluding hydrogens is 1040 g/mol. The van der Waals surface area contributed by atoms with Crippen LogP contribution in [0, 0.1) is 0 Å². The molecule has 6 heteroatoms. The summed E-state index contributed by atoms with van der Waals surface area (Å²) in [5.41, 5.74) is 0. The zero-order valence-corrected chi connectivity index (χ0v) is 58.1. The molecule has 3 N–H and O–H groups in total. The van der Waals surface area contributed by atoms with Crippen molar-refractivity contribution in [3.63, 3.8) is 0 Å². The molecule has 6 nitrogen and oxygen atoms in total. The third-order valence-corrected chi connectivity index (χ3v) is 18.8. The number of ether oxygens (including phenoxy) is 1. The zero-order valence-electron chi connectivity index (χ0n) is 58.1. The van der Waals surface area contributed by atoms with Gasteiger partial charge in [0.15, 0.2) is 0 Å². The summed E-state index contributed by atoms with van der Waals surface area (Å²) in [5, 5.41) is 23.4. The molecule has 0 spiro atoms. The largest absolute Gasteiger partial charge is 0.466 e. The van der Waals surface area contributed by atoms with Crippen LogP contribution in [-0.4, -0.2) is 47.4 Å². The number of rotatable bonds is 75. The van der Waals surface area contributed by atoms with E-state index in [4.69, 9.17) is 4.74 Å². The summed E-state index contributed by atoms with van der Waals surface area (Å²) in [6.07, 6.45) is 94.4. The van der Waals surface area contributed by atoms with Crippen molar-refractivity contribution >= 4 is 11.9 Å².